The number of hydrogen-bond donors (Lipinski definition) is 0. The summed E-state index contributed by atoms with van der Waals surface area (Å²) >= 11 is 0. The molecule has 0 spiro atoms. The minimum atomic E-state index is -4.68. The van der Waals surface area contributed by atoms with Crippen molar-refractivity contribution in [3.63, 3.8) is 0 Å². The summed E-state index contributed by atoms with van der Waals surface area (Å²) in [4.78, 5) is 14.7. The van der Waals surface area contributed by atoms with Crippen molar-refractivity contribution < 1.29 is 30.6 Å². The van der Waals surface area contributed by atoms with Crippen LogP contribution in [0.15, 0.2) is 83.8 Å². The summed E-state index contributed by atoms with van der Waals surface area (Å²) in [6.45, 7) is 6.89. The van der Waals surface area contributed by atoms with E-state index >= 15 is 0 Å². The summed E-state index contributed by atoms with van der Waals surface area (Å²) in [5.41, 5.74) is 0.636. The minimum absolute atomic E-state index is 0.00912. The number of amides is 1. The van der Waals surface area contributed by atoms with E-state index in [-0.39, 0.29) is 23.5 Å². The highest BCUT2D eigenvalue weighted by Gasteiger charge is 2.32. The Bertz CT molecular complexity index is 1290. The largest absolute Gasteiger partial charge is 0.416 e. The van der Waals surface area contributed by atoms with Crippen LogP contribution < -0.4 is 4.18 Å². The van der Waals surface area contributed by atoms with Gasteiger partial charge in [0.1, 0.15) is 10.6 Å². The number of carbonyl (C=O) groups is 1. The highest BCUT2D eigenvalue weighted by atomic mass is 32.2. The van der Waals surface area contributed by atoms with Crippen molar-refractivity contribution >= 4 is 16.0 Å². The van der Waals surface area contributed by atoms with Gasteiger partial charge < -0.3 is 9.08 Å². The maximum absolute atomic E-state index is 13.5. The van der Waals surface area contributed by atoms with Crippen LogP contribution >= 0.6 is 0 Å². The molecule has 0 saturated heterocycles. The first-order valence-corrected chi connectivity index (χ1v) is 13.4. The zero-order valence-corrected chi connectivity index (χ0v) is 21.7. The van der Waals surface area contributed by atoms with Gasteiger partial charge in [0.25, 0.3) is 0 Å². The molecule has 5 nitrogen and oxygen atoms in total. The van der Waals surface area contributed by atoms with Gasteiger partial charge in [-0.25, -0.2) is 0 Å². The third-order valence-corrected chi connectivity index (χ3v) is 7.00. The van der Waals surface area contributed by atoms with Crippen LogP contribution in [0.3, 0.4) is 0 Å². The lowest BCUT2D eigenvalue weighted by Gasteiger charge is -2.29. The first-order chi connectivity index (χ1) is 17.4. The van der Waals surface area contributed by atoms with Crippen LogP contribution in [0.25, 0.3) is 0 Å². The molecule has 0 aliphatic carbocycles. The van der Waals surface area contributed by atoms with Gasteiger partial charge in [-0.05, 0) is 53.8 Å². The lowest BCUT2D eigenvalue weighted by atomic mass is 9.94. The first kappa shape index (κ1) is 28.2. The Labute approximate surface area is 216 Å². The van der Waals surface area contributed by atoms with Crippen LogP contribution in [-0.2, 0) is 27.6 Å². The Hall–Kier alpha value is -3.33. The van der Waals surface area contributed by atoms with E-state index in [1.54, 1.807) is 17.0 Å². The van der Waals surface area contributed by atoms with E-state index in [2.05, 4.69) is 0 Å². The maximum atomic E-state index is 13.5. The van der Waals surface area contributed by atoms with Gasteiger partial charge in [-0.2, -0.15) is 21.6 Å². The second-order valence-electron chi connectivity index (χ2n) is 9.19. The second-order valence-corrected chi connectivity index (χ2v) is 10.7. The topological polar surface area (TPSA) is 63.7 Å². The standard InChI is InChI=1S/C28H30F3NO4S/c1-4-26(22-9-6-5-7-10-22)27(33)32(18-20(2)3)19-21-13-15-24(16-14-21)36-37(34,35)25-12-8-11-23(17-25)28(29,30)31/h5-17,20,26H,4,18-19H2,1-3H3/t26-/m1/s1. The molecule has 3 aromatic carbocycles. The molecule has 3 aromatic rings. The van der Waals surface area contributed by atoms with Crippen LogP contribution in [0.5, 0.6) is 5.75 Å². The number of halogens is 3. The van der Waals surface area contributed by atoms with Crippen molar-refractivity contribution in [1.29, 1.82) is 0 Å². The second kappa shape index (κ2) is 11.8. The first-order valence-electron chi connectivity index (χ1n) is 11.9. The van der Waals surface area contributed by atoms with Gasteiger partial charge in [0, 0.05) is 13.1 Å². The Balaban J connectivity index is 1.77. The molecule has 198 valence electrons. The molecule has 37 heavy (non-hydrogen) atoms. The summed E-state index contributed by atoms with van der Waals surface area (Å²) in [6.07, 6.45) is -4.03. The van der Waals surface area contributed by atoms with E-state index in [0.717, 1.165) is 29.3 Å². The van der Waals surface area contributed by atoms with Gasteiger partial charge in [0.05, 0.1) is 11.5 Å². The fourth-order valence-electron chi connectivity index (χ4n) is 4.01. The van der Waals surface area contributed by atoms with E-state index in [1.165, 1.54) is 12.1 Å². The fraction of sp³-hybridized carbons (Fsp3) is 0.321. The average Bonchev–Trinajstić information content (AvgIpc) is 2.85. The molecule has 0 bridgehead atoms. The zero-order chi connectivity index (χ0) is 27.2. The summed E-state index contributed by atoms with van der Waals surface area (Å²) in [6, 6.07) is 19.1. The number of carbonyl (C=O) groups excluding carboxylic acids is 1. The molecule has 9 heteroatoms. The van der Waals surface area contributed by atoms with Gasteiger partial charge >= 0.3 is 16.3 Å². The monoisotopic (exact) mass is 533 g/mol. The van der Waals surface area contributed by atoms with E-state index in [4.69, 9.17) is 4.18 Å². The third kappa shape index (κ3) is 7.58. The number of hydrogen-bond acceptors (Lipinski definition) is 4. The quantitative estimate of drug-likeness (QED) is 0.274. The molecule has 0 aliphatic rings. The van der Waals surface area contributed by atoms with E-state index < -0.39 is 26.8 Å². The molecule has 1 amide bonds. The van der Waals surface area contributed by atoms with Gasteiger partial charge in [-0.15, -0.1) is 0 Å². The minimum Gasteiger partial charge on any atom is -0.379 e. The number of alkyl halides is 3. The maximum Gasteiger partial charge on any atom is 0.416 e. The van der Waals surface area contributed by atoms with Crippen LogP contribution in [-0.4, -0.2) is 25.8 Å². The average molecular weight is 534 g/mol. The molecule has 0 aliphatic heterocycles. The predicted molar refractivity (Wildman–Crippen MR) is 135 cm³/mol. The lowest BCUT2D eigenvalue weighted by Crippen LogP contribution is -2.37. The summed E-state index contributed by atoms with van der Waals surface area (Å²) < 4.78 is 69.1. The van der Waals surface area contributed by atoms with E-state index in [1.807, 2.05) is 51.1 Å². The van der Waals surface area contributed by atoms with Crippen LogP contribution in [0.4, 0.5) is 13.2 Å². The highest BCUT2D eigenvalue weighted by molar-refractivity contribution is 7.87. The smallest absolute Gasteiger partial charge is 0.379 e. The Kier molecular flexibility index (Phi) is 9.02. The number of benzene rings is 3. The van der Waals surface area contributed by atoms with Crippen molar-refractivity contribution in [3.05, 3.63) is 95.6 Å². The lowest BCUT2D eigenvalue weighted by molar-refractivity contribution is -0.137. The molecular formula is C28H30F3NO4S. The molecule has 0 heterocycles. The highest BCUT2D eigenvalue weighted by Crippen LogP contribution is 2.31. The molecular weight excluding hydrogens is 503 g/mol. The Morgan fingerprint density at radius 1 is 0.946 bits per heavy atom. The van der Waals surface area contributed by atoms with Crippen molar-refractivity contribution in [2.75, 3.05) is 6.54 Å². The van der Waals surface area contributed by atoms with Gasteiger partial charge in [0.2, 0.25) is 5.91 Å². The molecule has 0 aromatic heterocycles. The molecule has 0 fully saturated rings. The number of nitrogens with zero attached hydrogens (tertiary/aromatic N) is 1. The molecule has 0 N–H and O–H groups in total. The Morgan fingerprint density at radius 3 is 2.16 bits per heavy atom. The molecule has 0 unspecified atom stereocenters. The van der Waals surface area contributed by atoms with Crippen LogP contribution in [0.2, 0.25) is 0 Å². The third-order valence-electron chi connectivity index (χ3n) is 5.76. The van der Waals surface area contributed by atoms with Crippen LogP contribution in [0, 0.1) is 5.92 Å². The van der Waals surface area contributed by atoms with E-state index in [0.29, 0.717) is 25.6 Å². The molecule has 3 rings (SSSR count). The normalized spacial score (nSPS) is 12.8. The molecule has 1 atom stereocenters. The Morgan fingerprint density at radius 2 is 1.59 bits per heavy atom. The summed E-state index contributed by atoms with van der Waals surface area (Å²) in [5, 5.41) is 0. The molecule has 0 radical (unpaired) electrons. The van der Waals surface area contributed by atoms with Crippen molar-refractivity contribution in [2.45, 2.75) is 50.7 Å². The van der Waals surface area contributed by atoms with Gasteiger partial charge in [-0.1, -0.05) is 69.3 Å². The zero-order valence-electron chi connectivity index (χ0n) is 20.9. The van der Waals surface area contributed by atoms with Gasteiger partial charge in [-0.3, -0.25) is 4.79 Å². The van der Waals surface area contributed by atoms with Crippen molar-refractivity contribution in [2.24, 2.45) is 5.92 Å². The summed E-state index contributed by atoms with van der Waals surface area (Å²) in [7, 11) is -4.47. The van der Waals surface area contributed by atoms with Crippen LogP contribution in [0.1, 0.15) is 49.8 Å². The van der Waals surface area contributed by atoms with Crippen molar-refractivity contribution in [3.8, 4) is 5.75 Å². The number of rotatable bonds is 10. The molecule has 0 saturated carbocycles. The van der Waals surface area contributed by atoms with Crippen molar-refractivity contribution in [1.82, 2.24) is 4.90 Å². The van der Waals surface area contributed by atoms with E-state index in [9.17, 15) is 26.4 Å². The fourth-order valence-corrected chi connectivity index (χ4v) is 4.98. The van der Waals surface area contributed by atoms with Gasteiger partial charge in [0.15, 0.2) is 0 Å². The SMILES string of the molecule is CC[C@@H](C(=O)N(Cc1ccc(OS(=O)(=O)c2cccc(C(F)(F)F)c2)cc1)CC(C)C)c1ccccc1. The summed E-state index contributed by atoms with van der Waals surface area (Å²) in [5.74, 6) is -0.0777. The predicted octanol–water partition coefficient (Wildman–Crippen LogP) is 6.65.